The maximum Gasteiger partial charge on any atom is 0.259 e. The Labute approximate surface area is 222 Å². The molecule has 0 unspecified atom stereocenters. The van der Waals surface area contributed by atoms with E-state index in [1.807, 2.05) is 17.0 Å². The first kappa shape index (κ1) is 25.3. The topological polar surface area (TPSA) is 32.3 Å². The Hall–Kier alpha value is -3.33. The fraction of sp³-hybridized carbons (Fsp3) is 0.382. The molecule has 0 aromatic heterocycles. The predicted octanol–water partition coefficient (Wildman–Crippen LogP) is 8.38. The minimum atomic E-state index is -0.426. The van der Waals surface area contributed by atoms with Crippen molar-refractivity contribution >= 4 is 22.9 Å². The van der Waals surface area contributed by atoms with E-state index in [2.05, 4.69) is 114 Å². The molecule has 0 spiro atoms. The summed E-state index contributed by atoms with van der Waals surface area (Å²) in [6.45, 7) is 15.5. The highest BCUT2D eigenvalue weighted by molar-refractivity contribution is 6.10. The fourth-order valence-corrected chi connectivity index (χ4v) is 6.69. The normalized spacial score (nSPS) is 21.4. The van der Waals surface area contributed by atoms with E-state index in [-0.39, 0.29) is 16.9 Å². The number of anilines is 2. The fourth-order valence-electron chi connectivity index (χ4n) is 6.69. The van der Waals surface area contributed by atoms with E-state index in [9.17, 15) is 4.79 Å². The lowest BCUT2D eigenvalue weighted by atomic mass is 9.65. The molecule has 5 rings (SSSR count). The quantitative estimate of drug-likeness (QED) is 0.397. The summed E-state index contributed by atoms with van der Waals surface area (Å²) >= 11 is 0. The number of para-hydroxylation sites is 1. The third kappa shape index (κ3) is 4.39. The number of nitrogens with one attached hydrogen (secondary N) is 1. The average Bonchev–Trinajstić information content (AvgIpc) is 2.83. The van der Waals surface area contributed by atoms with Crippen LogP contribution in [0.4, 0.5) is 11.4 Å². The first-order chi connectivity index (χ1) is 17.4. The predicted molar refractivity (Wildman–Crippen MR) is 157 cm³/mol. The number of aryl methyl sites for hydroxylation is 1. The molecule has 3 aromatic carbocycles. The molecule has 0 bridgehead atoms. The van der Waals surface area contributed by atoms with E-state index in [0.717, 1.165) is 36.1 Å². The standard InChI is InChI=1S/C34H40N2O/c1-8-11-24-14-16-25(17-15-24)31(37)36-30-19-18-26(20-27(30)23(2)21-33(36,5)6)34(7)22-32(3,4)35-29-13-10-9-12-28(29)34/h9-10,12-21,35H,8,11,22H2,1-7H3/t34-/m0/s1. The number of fused-ring (bicyclic) bond motifs is 2. The van der Waals surface area contributed by atoms with E-state index < -0.39 is 5.54 Å². The van der Waals surface area contributed by atoms with Crippen LogP contribution in [-0.4, -0.2) is 17.0 Å². The van der Waals surface area contributed by atoms with Gasteiger partial charge in [0.2, 0.25) is 0 Å². The van der Waals surface area contributed by atoms with Crippen molar-refractivity contribution in [2.75, 3.05) is 10.2 Å². The van der Waals surface area contributed by atoms with Crippen molar-refractivity contribution in [1.29, 1.82) is 0 Å². The average molecular weight is 493 g/mol. The second kappa shape index (κ2) is 8.90. The molecule has 3 nitrogen and oxygen atoms in total. The summed E-state index contributed by atoms with van der Waals surface area (Å²) < 4.78 is 0. The Kier molecular flexibility index (Phi) is 6.09. The molecule has 2 aliphatic heterocycles. The van der Waals surface area contributed by atoms with Crippen molar-refractivity contribution < 1.29 is 4.79 Å². The second-order valence-electron chi connectivity index (χ2n) is 12.4. The number of carbonyl (C=O) groups is 1. The molecule has 3 aromatic rings. The molecule has 1 atom stereocenters. The Morgan fingerprint density at radius 2 is 1.65 bits per heavy atom. The van der Waals surface area contributed by atoms with Crippen LogP contribution in [0.5, 0.6) is 0 Å². The minimum Gasteiger partial charge on any atom is -0.380 e. The van der Waals surface area contributed by atoms with Crippen LogP contribution in [0.3, 0.4) is 0 Å². The van der Waals surface area contributed by atoms with E-state index in [1.54, 1.807) is 0 Å². The Bertz CT molecular complexity index is 1380. The zero-order valence-electron chi connectivity index (χ0n) is 23.4. The summed E-state index contributed by atoms with van der Waals surface area (Å²) in [5.41, 5.74) is 8.58. The summed E-state index contributed by atoms with van der Waals surface area (Å²) in [7, 11) is 0. The van der Waals surface area contributed by atoms with Gasteiger partial charge in [0.1, 0.15) is 0 Å². The third-order valence-corrected chi connectivity index (χ3v) is 8.18. The van der Waals surface area contributed by atoms with Crippen molar-refractivity contribution in [3.05, 3.63) is 101 Å². The van der Waals surface area contributed by atoms with Gasteiger partial charge in [-0.15, -0.1) is 0 Å². The summed E-state index contributed by atoms with van der Waals surface area (Å²) in [5, 5.41) is 3.73. The lowest BCUT2D eigenvalue weighted by Crippen LogP contribution is -2.49. The molecular formula is C34H40N2O. The number of hydrogen-bond donors (Lipinski definition) is 1. The van der Waals surface area contributed by atoms with Crippen molar-refractivity contribution in [3.63, 3.8) is 0 Å². The number of rotatable bonds is 4. The molecule has 2 heterocycles. The van der Waals surface area contributed by atoms with Crippen molar-refractivity contribution in [2.24, 2.45) is 0 Å². The van der Waals surface area contributed by atoms with Crippen LogP contribution in [0.25, 0.3) is 5.57 Å². The molecule has 0 saturated heterocycles. The van der Waals surface area contributed by atoms with E-state index in [0.29, 0.717) is 0 Å². The van der Waals surface area contributed by atoms with E-state index in [1.165, 1.54) is 28.0 Å². The molecule has 0 saturated carbocycles. The maximum absolute atomic E-state index is 13.9. The Balaban J connectivity index is 1.60. The van der Waals surface area contributed by atoms with Gasteiger partial charge in [0.25, 0.3) is 5.91 Å². The number of carbonyl (C=O) groups excluding carboxylic acids is 1. The van der Waals surface area contributed by atoms with E-state index in [4.69, 9.17) is 0 Å². The Morgan fingerprint density at radius 1 is 0.946 bits per heavy atom. The number of benzene rings is 3. The van der Waals surface area contributed by atoms with Gasteiger partial charge in [-0.3, -0.25) is 9.69 Å². The van der Waals surface area contributed by atoms with Gasteiger partial charge < -0.3 is 5.32 Å². The van der Waals surface area contributed by atoms with Gasteiger partial charge in [-0.05, 0) is 100 Å². The maximum atomic E-state index is 13.9. The lowest BCUT2D eigenvalue weighted by Gasteiger charge is -2.47. The van der Waals surface area contributed by atoms with Gasteiger partial charge in [-0.2, -0.15) is 0 Å². The first-order valence-electron chi connectivity index (χ1n) is 13.6. The molecule has 2 aliphatic rings. The summed E-state index contributed by atoms with van der Waals surface area (Å²) in [4.78, 5) is 15.9. The van der Waals surface area contributed by atoms with Gasteiger partial charge in [0.05, 0.1) is 11.2 Å². The molecule has 0 fully saturated rings. The van der Waals surface area contributed by atoms with Gasteiger partial charge in [-0.25, -0.2) is 0 Å². The number of nitrogens with zero attached hydrogens (tertiary/aromatic N) is 1. The molecule has 3 heteroatoms. The summed E-state index contributed by atoms with van der Waals surface area (Å²) in [6.07, 6.45) is 5.36. The molecule has 1 amide bonds. The van der Waals surface area contributed by atoms with Crippen LogP contribution in [0, 0.1) is 0 Å². The van der Waals surface area contributed by atoms with Gasteiger partial charge in [0, 0.05) is 27.8 Å². The monoisotopic (exact) mass is 492 g/mol. The highest BCUT2D eigenvalue weighted by Crippen LogP contribution is 2.49. The van der Waals surface area contributed by atoms with Crippen LogP contribution < -0.4 is 10.2 Å². The van der Waals surface area contributed by atoms with Gasteiger partial charge in [-0.1, -0.05) is 62.7 Å². The molecule has 0 radical (unpaired) electrons. The second-order valence-corrected chi connectivity index (χ2v) is 12.4. The lowest BCUT2D eigenvalue weighted by molar-refractivity contribution is 0.0970. The van der Waals surface area contributed by atoms with Crippen LogP contribution in [0.15, 0.2) is 72.8 Å². The zero-order valence-corrected chi connectivity index (χ0v) is 23.4. The van der Waals surface area contributed by atoms with Crippen molar-refractivity contribution in [1.82, 2.24) is 0 Å². The van der Waals surface area contributed by atoms with Crippen LogP contribution >= 0.6 is 0 Å². The van der Waals surface area contributed by atoms with Crippen LogP contribution in [0.1, 0.15) is 93.9 Å². The third-order valence-electron chi connectivity index (χ3n) is 8.18. The Morgan fingerprint density at radius 3 is 2.35 bits per heavy atom. The zero-order chi connectivity index (χ0) is 26.6. The summed E-state index contributed by atoms with van der Waals surface area (Å²) in [6, 6.07) is 23.6. The summed E-state index contributed by atoms with van der Waals surface area (Å²) in [5.74, 6) is 0.0466. The van der Waals surface area contributed by atoms with Crippen LogP contribution in [-0.2, 0) is 11.8 Å². The van der Waals surface area contributed by atoms with Gasteiger partial charge in [0.15, 0.2) is 0 Å². The number of allylic oxidation sites excluding steroid dienone is 1. The SMILES string of the molecule is CCCc1ccc(C(=O)N2c3ccc([C@]4(C)CC(C)(C)Nc5ccccc54)cc3C(C)=CC2(C)C)cc1. The number of hydrogen-bond acceptors (Lipinski definition) is 2. The van der Waals surface area contributed by atoms with Crippen molar-refractivity contribution in [2.45, 2.75) is 84.2 Å². The van der Waals surface area contributed by atoms with Gasteiger partial charge >= 0.3 is 0 Å². The highest BCUT2D eigenvalue weighted by atomic mass is 16.2. The molecular weight excluding hydrogens is 452 g/mol. The van der Waals surface area contributed by atoms with Crippen LogP contribution in [0.2, 0.25) is 0 Å². The first-order valence-corrected chi connectivity index (χ1v) is 13.6. The molecule has 192 valence electrons. The molecule has 37 heavy (non-hydrogen) atoms. The largest absolute Gasteiger partial charge is 0.380 e. The van der Waals surface area contributed by atoms with E-state index >= 15 is 0 Å². The smallest absolute Gasteiger partial charge is 0.259 e. The highest BCUT2D eigenvalue weighted by Gasteiger charge is 2.43. The van der Waals surface area contributed by atoms with Crippen molar-refractivity contribution in [3.8, 4) is 0 Å². The minimum absolute atomic E-state index is 0.0299. The number of amides is 1. The molecule has 0 aliphatic carbocycles. The molecule has 1 N–H and O–H groups in total.